The largest absolute Gasteiger partial charge is 0.756 e. The van der Waals surface area contributed by atoms with Crippen LogP contribution in [0.15, 0.2) is 60.9 Å². The number of phosphoric acid groups is 1. The van der Waals surface area contributed by atoms with Crippen molar-refractivity contribution >= 4 is 13.8 Å². The van der Waals surface area contributed by atoms with Crippen molar-refractivity contribution in [3.8, 4) is 0 Å². The number of unbranched alkanes of at least 4 members (excludes halogenated alkanes) is 17. The molecule has 0 aromatic heterocycles. The standard InChI is InChI=1S/C46H84NO8P/c1-6-8-10-12-14-16-18-20-21-22-24-26-28-30-32-34-40-52-42-45(43-54-56(50,51)53-41-39-47(3,4)5)55-46(49)38-35-37-44(48)36-33-31-29-27-25-23-19-17-15-13-11-9-7-2/h15,17,23,25,29,31,33-34,36,40,44-45,48H,6-14,16,18-22,24,26-28,30,32,35,37-39,41-43H2,1-5H3/b17-15-,25-23-,31-29-,36-33+,40-34+/t44-,45+/m0/s1. The molecule has 10 heteroatoms. The van der Waals surface area contributed by atoms with Crippen LogP contribution in [0.2, 0.25) is 0 Å². The van der Waals surface area contributed by atoms with Crippen molar-refractivity contribution in [3.63, 3.8) is 0 Å². The van der Waals surface area contributed by atoms with Crippen LogP contribution in [0.3, 0.4) is 0 Å². The number of phosphoric ester groups is 1. The number of rotatable bonds is 40. The van der Waals surface area contributed by atoms with Gasteiger partial charge in [0.15, 0.2) is 6.10 Å². The van der Waals surface area contributed by atoms with Gasteiger partial charge in [0.25, 0.3) is 7.82 Å². The molecule has 0 aliphatic carbocycles. The minimum atomic E-state index is -4.60. The van der Waals surface area contributed by atoms with Crippen molar-refractivity contribution in [1.29, 1.82) is 0 Å². The van der Waals surface area contributed by atoms with Crippen LogP contribution < -0.4 is 4.89 Å². The number of carbonyl (C=O) groups is 1. The van der Waals surface area contributed by atoms with Gasteiger partial charge < -0.3 is 33.0 Å². The van der Waals surface area contributed by atoms with Crippen LogP contribution in [0, 0.1) is 0 Å². The van der Waals surface area contributed by atoms with Gasteiger partial charge in [-0.3, -0.25) is 9.36 Å². The van der Waals surface area contributed by atoms with Gasteiger partial charge >= 0.3 is 5.97 Å². The van der Waals surface area contributed by atoms with Crippen LogP contribution >= 0.6 is 7.82 Å². The highest BCUT2D eigenvalue weighted by atomic mass is 31.2. The summed E-state index contributed by atoms with van der Waals surface area (Å²) < 4.78 is 34.2. The normalized spacial score (nSPS) is 14.8. The van der Waals surface area contributed by atoms with Gasteiger partial charge in [0.05, 0.1) is 40.1 Å². The quantitative estimate of drug-likeness (QED) is 0.0124. The van der Waals surface area contributed by atoms with Crippen LogP contribution in [0.5, 0.6) is 0 Å². The highest BCUT2D eigenvalue weighted by molar-refractivity contribution is 7.45. The second-order valence-corrected chi connectivity index (χ2v) is 17.4. The van der Waals surface area contributed by atoms with E-state index in [1.165, 1.54) is 103 Å². The van der Waals surface area contributed by atoms with Gasteiger partial charge in [-0.1, -0.05) is 159 Å². The number of ether oxygens (including phenoxy) is 2. The number of aliphatic hydroxyl groups is 1. The number of esters is 1. The lowest BCUT2D eigenvalue weighted by Gasteiger charge is -2.28. The molecule has 0 saturated heterocycles. The minimum absolute atomic E-state index is 0.0199. The monoisotopic (exact) mass is 810 g/mol. The Hall–Kier alpha value is -2.00. The molecule has 0 amide bonds. The summed E-state index contributed by atoms with van der Waals surface area (Å²) in [5.41, 5.74) is 0. The molecule has 0 radical (unpaired) electrons. The Labute approximate surface area is 343 Å². The smallest absolute Gasteiger partial charge is 0.306 e. The minimum Gasteiger partial charge on any atom is -0.756 e. The number of likely N-dealkylation sites (N-methyl/N-ethyl adjacent to an activating group) is 1. The molecule has 0 fully saturated rings. The summed E-state index contributed by atoms with van der Waals surface area (Å²) in [6, 6.07) is 0. The maximum absolute atomic E-state index is 12.7. The van der Waals surface area contributed by atoms with Crippen LogP contribution in [0.4, 0.5) is 0 Å². The second kappa shape index (κ2) is 38.5. The number of hydrogen-bond donors (Lipinski definition) is 1. The summed E-state index contributed by atoms with van der Waals surface area (Å²) in [5, 5.41) is 10.3. The average molecular weight is 810 g/mol. The second-order valence-electron chi connectivity index (χ2n) is 16.0. The van der Waals surface area contributed by atoms with Crippen molar-refractivity contribution in [2.75, 3.05) is 47.5 Å². The van der Waals surface area contributed by atoms with Gasteiger partial charge in [-0.15, -0.1) is 0 Å². The van der Waals surface area contributed by atoms with Crippen molar-refractivity contribution < 1.29 is 42.4 Å². The van der Waals surface area contributed by atoms with Gasteiger partial charge in [-0.25, -0.2) is 0 Å². The Bertz CT molecular complexity index is 1100. The number of nitrogens with zero attached hydrogens (tertiary/aromatic N) is 1. The van der Waals surface area contributed by atoms with Crippen LogP contribution in [0.25, 0.3) is 0 Å². The van der Waals surface area contributed by atoms with Crippen LogP contribution in [0.1, 0.15) is 168 Å². The SMILES string of the molecule is CCCCC/C=C\C/C=C\C/C=C\C=C\[C@H](O)CCCC(=O)O[C@H](CO/C=C/CCCCCCCCCCCCCCCC)COP(=O)([O-])OCC[N+](C)(C)C. The predicted octanol–water partition coefficient (Wildman–Crippen LogP) is 11.6. The number of carbonyl (C=O) groups excluding carboxylic acids is 1. The van der Waals surface area contributed by atoms with Gasteiger partial charge in [0, 0.05) is 6.42 Å². The number of quaternary nitrogens is 1. The third-order valence-corrected chi connectivity index (χ3v) is 10.2. The van der Waals surface area contributed by atoms with E-state index in [0.29, 0.717) is 23.9 Å². The lowest BCUT2D eigenvalue weighted by Crippen LogP contribution is -2.37. The fourth-order valence-electron chi connectivity index (χ4n) is 5.73. The molecule has 0 aromatic rings. The summed E-state index contributed by atoms with van der Waals surface area (Å²) in [7, 11) is 1.20. The molecule has 0 rings (SSSR count). The molecule has 0 spiro atoms. The van der Waals surface area contributed by atoms with E-state index in [-0.39, 0.29) is 19.6 Å². The van der Waals surface area contributed by atoms with E-state index >= 15 is 0 Å². The highest BCUT2D eigenvalue weighted by Gasteiger charge is 2.20. The molecule has 3 atom stereocenters. The summed E-state index contributed by atoms with van der Waals surface area (Å²) >= 11 is 0. The first kappa shape index (κ1) is 54.0. The van der Waals surface area contributed by atoms with E-state index < -0.39 is 32.6 Å². The number of hydrogen-bond acceptors (Lipinski definition) is 8. The average Bonchev–Trinajstić information content (AvgIpc) is 3.14. The van der Waals surface area contributed by atoms with E-state index in [9.17, 15) is 19.4 Å². The first-order valence-electron chi connectivity index (χ1n) is 22.2. The Kier molecular flexibility index (Phi) is 37.1. The number of aliphatic hydroxyl groups excluding tert-OH is 1. The van der Waals surface area contributed by atoms with E-state index in [1.807, 2.05) is 45.4 Å². The molecule has 0 aromatic carbocycles. The topological polar surface area (TPSA) is 114 Å². The van der Waals surface area contributed by atoms with Gasteiger partial charge in [0.1, 0.15) is 19.8 Å². The van der Waals surface area contributed by atoms with E-state index in [2.05, 4.69) is 38.2 Å². The number of allylic oxidation sites excluding steroid dienone is 8. The van der Waals surface area contributed by atoms with Crippen LogP contribution in [-0.4, -0.2) is 75.3 Å². The Morgan fingerprint density at radius 3 is 1.84 bits per heavy atom. The van der Waals surface area contributed by atoms with Crippen molar-refractivity contribution in [3.05, 3.63) is 60.9 Å². The molecule has 0 bridgehead atoms. The molecule has 0 saturated carbocycles. The molecule has 0 aliphatic rings. The molecular weight excluding hydrogens is 725 g/mol. The maximum atomic E-state index is 12.7. The summed E-state index contributed by atoms with van der Waals surface area (Å²) in [6.07, 6.45) is 45.0. The first-order chi connectivity index (χ1) is 27.0. The summed E-state index contributed by atoms with van der Waals surface area (Å²) in [6.45, 7) is 4.47. The zero-order valence-corrected chi connectivity index (χ0v) is 37.3. The highest BCUT2D eigenvalue weighted by Crippen LogP contribution is 2.38. The van der Waals surface area contributed by atoms with Gasteiger partial charge in [0.2, 0.25) is 0 Å². The van der Waals surface area contributed by atoms with Gasteiger partial charge in [-0.05, 0) is 57.4 Å². The molecule has 9 nitrogen and oxygen atoms in total. The van der Waals surface area contributed by atoms with Crippen molar-refractivity contribution in [2.24, 2.45) is 0 Å². The third kappa shape index (κ3) is 41.6. The summed E-state index contributed by atoms with van der Waals surface area (Å²) in [4.78, 5) is 25.0. The van der Waals surface area contributed by atoms with E-state index in [4.69, 9.17) is 18.5 Å². The fraction of sp³-hybridized carbons (Fsp3) is 0.761. The first-order valence-corrected chi connectivity index (χ1v) is 23.6. The maximum Gasteiger partial charge on any atom is 0.306 e. The third-order valence-electron chi connectivity index (χ3n) is 9.24. The Balaban J connectivity index is 4.50. The van der Waals surface area contributed by atoms with E-state index in [0.717, 1.165) is 32.1 Å². The van der Waals surface area contributed by atoms with Crippen molar-refractivity contribution in [1.82, 2.24) is 0 Å². The lowest BCUT2D eigenvalue weighted by atomic mass is 10.0. The molecular formula is C46H84NO8P. The molecule has 56 heavy (non-hydrogen) atoms. The summed E-state index contributed by atoms with van der Waals surface area (Å²) in [5.74, 6) is -0.515. The van der Waals surface area contributed by atoms with Crippen molar-refractivity contribution in [2.45, 2.75) is 180 Å². The molecule has 0 aliphatic heterocycles. The molecule has 326 valence electrons. The van der Waals surface area contributed by atoms with Gasteiger partial charge in [-0.2, -0.15) is 0 Å². The van der Waals surface area contributed by atoms with Crippen LogP contribution in [-0.2, 0) is 27.9 Å². The lowest BCUT2D eigenvalue weighted by molar-refractivity contribution is -0.870. The predicted molar refractivity (Wildman–Crippen MR) is 232 cm³/mol. The zero-order valence-electron chi connectivity index (χ0n) is 36.4. The molecule has 0 heterocycles. The fourth-order valence-corrected chi connectivity index (χ4v) is 6.46. The Morgan fingerprint density at radius 1 is 0.679 bits per heavy atom. The van der Waals surface area contributed by atoms with E-state index in [1.54, 1.807) is 12.3 Å². The molecule has 1 unspecified atom stereocenters. The molecule has 1 N–H and O–H groups in total. The Morgan fingerprint density at radius 2 is 1.21 bits per heavy atom. The zero-order chi connectivity index (χ0) is 41.4.